The second-order valence-corrected chi connectivity index (χ2v) is 10.6. The van der Waals surface area contributed by atoms with Gasteiger partial charge in [-0.25, -0.2) is 0 Å². The van der Waals surface area contributed by atoms with Crippen molar-refractivity contribution < 1.29 is 4.79 Å². The molecule has 162 valence electrons. The van der Waals surface area contributed by atoms with E-state index in [-0.39, 0.29) is 11.7 Å². The van der Waals surface area contributed by atoms with Crippen LogP contribution in [0.5, 0.6) is 0 Å². The predicted octanol–water partition coefficient (Wildman–Crippen LogP) is 5.43. The molecule has 0 spiro atoms. The monoisotopic (exact) mass is 471 g/mol. The number of fused-ring (bicyclic) bond motifs is 1. The number of nitrogens with one attached hydrogen (secondary N) is 1. The molecule has 0 atom stereocenters. The molecule has 9 heteroatoms. The minimum Gasteiger partial charge on any atom is -0.316 e. The third-order valence-corrected chi connectivity index (χ3v) is 8.77. The maximum atomic E-state index is 12.6. The summed E-state index contributed by atoms with van der Waals surface area (Å²) in [6.07, 6.45) is 7.65. The van der Waals surface area contributed by atoms with E-state index in [9.17, 15) is 10.1 Å². The van der Waals surface area contributed by atoms with Crippen LogP contribution in [0.1, 0.15) is 53.5 Å². The Kier molecular flexibility index (Phi) is 7.10. The Morgan fingerprint density at radius 1 is 1.29 bits per heavy atom. The van der Waals surface area contributed by atoms with Crippen molar-refractivity contribution in [2.45, 2.75) is 57.0 Å². The third-order valence-electron chi connectivity index (χ3n) is 5.46. The fourth-order valence-electron chi connectivity index (χ4n) is 3.79. The zero-order valence-electron chi connectivity index (χ0n) is 17.7. The number of nitrogens with zero attached hydrogens (tertiary/aromatic N) is 4. The molecule has 0 fully saturated rings. The zero-order chi connectivity index (χ0) is 21.8. The Labute approximate surface area is 194 Å². The van der Waals surface area contributed by atoms with Crippen molar-refractivity contribution in [1.82, 2.24) is 14.8 Å². The van der Waals surface area contributed by atoms with Gasteiger partial charge in [-0.15, -0.1) is 32.9 Å². The topological polar surface area (TPSA) is 83.6 Å². The maximum absolute atomic E-state index is 12.6. The number of hydrogen-bond acceptors (Lipinski definition) is 7. The van der Waals surface area contributed by atoms with E-state index in [1.165, 1.54) is 34.4 Å². The van der Waals surface area contributed by atoms with Crippen LogP contribution in [-0.4, -0.2) is 26.4 Å². The molecule has 6 nitrogen and oxygen atoms in total. The number of thiophene rings is 2. The van der Waals surface area contributed by atoms with Gasteiger partial charge >= 0.3 is 0 Å². The number of anilines is 1. The minimum absolute atomic E-state index is 0.121. The van der Waals surface area contributed by atoms with Crippen molar-refractivity contribution >= 4 is 45.3 Å². The molecular weight excluding hydrogens is 446 g/mol. The molecule has 0 aromatic carbocycles. The molecule has 4 rings (SSSR count). The van der Waals surface area contributed by atoms with E-state index in [1.807, 2.05) is 11.6 Å². The van der Waals surface area contributed by atoms with Gasteiger partial charge in [-0.2, -0.15) is 5.26 Å². The summed E-state index contributed by atoms with van der Waals surface area (Å²) >= 11 is 4.65. The number of thioether (sulfide) groups is 1. The molecule has 0 unspecified atom stereocenters. The summed E-state index contributed by atoms with van der Waals surface area (Å²) in [6.45, 7) is 2.14. The van der Waals surface area contributed by atoms with E-state index in [4.69, 9.17) is 0 Å². The lowest BCUT2D eigenvalue weighted by Gasteiger charge is -2.08. The summed E-state index contributed by atoms with van der Waals surface area (Å²) in [7, 11) is 1.92. The van der Waals surface area contributed by atoms with Crippen LogP contribution in [0.15, 0.2) is 16.6 Å². The molecule has 3 aromatic heterocycles. The van der Waals surface area contributed by atoms with Crippen LogP contribution in [-0.2, 0) is 31.1 Å². The van der Waals surface area contributed by atoms with Crippen LogP contribution in [0.2, 0.25) is 0 Å². The number of aryl methyl sites for hydroxylation is 2. The van der Waals surface area contributed by atoms with Crippen LogP contribution in [0.25, 0.3) is 11.4 Å². The molecule has 1 aliphatic rings. The summed E-state index contributed by atoms with van der Waals surface area (Å²) < 4.78 is 1.93. The Balaban J connectivity index is 1.42. The van der Waals surface area contributed by atoms with Crippen molar-refractivity contribution in [2.75, 3.05) is 11.1 Å². The average Bonchev–Trinajstić information content (AvgIpc) is 3.44. The molecular formula is C22H25N5OS3. The number of carbonyl (C=O) groups excluding carboxylic acids is 1. The van der Waals surface area contributed by atoms with Gasteiger partial charge in [0.25, 0.3) is 0 Å². The Morgan fingerprint density at radius 2 is 2.10 bits per heavy atom. The van der Waals surface area contributed by atoms with E-state index < -0.39 is 0 Å². The lowest BCUT2D eigenvalue weighted by atomic mass is 9.97. The number of rotatable bonds is 6. The van der Waals surface area contributed by atoms with E-state index in [0.717, 1.165) is 49.1 Å². The van der Waals surface area contributed by atoms with Gasteiger partial charge in [-0.3, -0.25) is 4.79 Å². The van der Waals surface area contributed by atoms with E-state index in [1.54, 1.807) is 22.7 Å². The maximum Gasteiger partial charge on any atom is 0.235 e. The highest BCUT2D eigenvalue weighted by molar-refractivity contribution is 7.99. The van der Waals surface area contributed by atoms with Gasteiger partial charge in [-0.1, -0.05) is 31.5 Å². The summed E-state index contributed by atoms with van der Waals surface area (Å²) in [4.78, 5) is 15.2. The molecule has 3 heterocycles. The van der Waals surface area contributed by atoms with Crippen molar-refractivity contribution in [1.29, 1.82) is 5.26 Å². The molecule has 0 bridgehead atoms. The van der Waals surface area contributed by atoms with Gasteiger partial charge in [0.05, 0.1) is 11.3 Å². The smallest absolute Gasteiger partial charge is 0.235 e. The molecule has 3 aromatic rings. The van der Waals surface area contributed by atoms with Crippen LogP contribution in [0.3, 0.4) is 0 Å². The standard InChI is InChI=1S/C22H25N5OS3/c1-3-15-10-14(12-29-15)20-25-26-22(27(20)2)30-13-19(28)24-21-17(11-23)16-8-6-4-5-7-9-18(16)31-21/h10,12H,3-9,13H2,1-2H3,(H,24,28). The van der Waals surface area contributed by atoms with Gasteiger partial charge < -0.3 is 9.88 Å². The molecule has 0 radical (unpaired) electrons. The SMILES string of the molecule is CCc1cc(-c2nnc(SCC(=O)Nc3sc4c(c3C#N)CCCCCC4)n2C)cs1. The summed E-state index contributed by atoms with van der Waals surface area (Å²) in [6, 6.07) is 4.47. The quantitative estimate of drug-likeness (QED) is 0.485. The fourth-order valence-corrected chi connectivity index (χ4v) is 6.57. The van der Waals surface area contributed by atoms with Gasteiger partial charge in [0.2, 0.25) is 5.91 Å². The van der Waals surface area contributed by atoms with Crippen LogP contribution >= 0.6 is 34.4 Å². The number of hydrogen-bond donors (Lipinski definition) is 1. The van der Waals surface area contributed by atoms with Gasteiger partial charge in [-0.05, 0) is 43.7 Å². The highest BCUT2D eigenvalue weighted by Crippen LogP contribution is 2.36. The average molecular weight is 472 g/mol. The number of amides is 1. The molecule has 1 aliphatic carbocycles. The lowest BCUT2D eigenvalue weighted by molar-refractivity contribution is -0.113. The highest BCUT2D eigenvalue weighted by Gasteiger charge is 2.21. The number of aromatic nitrogens is 3. The number of nitriles is 1. The molecule has 0 saturated carbocycles. The Morgan fingerprint density at radius 3 is 2.84 bits per heavy atom. The lowest BCUT2D eigenvalue weighted by Crippen LogP contribution is -2.14. The van der Waals surface area contributed by atoms with Crippen LogP contribution < -0.4 is 5.32 Å². The molecule has 31 heavy (non-hydrogen) atoms. The summed E-state index contributed by atoms with van der Waals surface area (Å²) in [5, 5.41) is 24.7. The molecule has 1 N–H and O–H groups in total. The van der Waals surface area contributed by atoms with Gasteiger partial charge in [0, 0.05) is 27.7 Å². The Hall–Kier alpha value is -2.15. The van der Waals surface area contributed by atoms with Crippen molar-refractivity contribution in [3.63, 3.8) is 0 Å². The third kappa shape index (κ3) is 4.86. The largest absolute Gasteiger partial charge is 0.316 e. The fraction of sp³-hybridized carbons (Fsp3) is 0.455. The van der Waals surface area contributed by atoms with Crippen molar-refractivity contribution in [3.8, 4) is 17.5 Å². The van der Waals surface area contributed by atoms with E-state index >= 15 is 0 Å². The van der Waals surface area contributed by atoms with E-state index in [2.05, 4.69) is 40.0 Å². The molecule has 0 aliphatic heterocycles. The van der Waals surface area contributed by atoms with Crippen LogP contribution in [0.4, 0.5) is 5.00 Å². The molecule has 1 amide bonds. The van der Waals surface area contributed by atoms with Crippen molar-refractivity contribution in [2.24, 2.45) is 7.05 Å². The predicted molar refractivity (Wildman–Crippen MR) is 128 cm³/mol. The first kappa shape index (κ1) is 22.1. The first-order chi connectivity index (χ1) is 15.1. The van der Waals surface area contributed by atoms with Crippen LogP contribution in [0, 0.1) is 11.3 Å². The van der Waals surface area contributed by atoms with Crippen molar-refractivity contribution in [3.05, 3.63) is 32.3 Å². The normalized spacial score (nSPS) is 13.8. The zero-order valence-corrected chi connectivity index (χ0v) is 20.2. The number of carbonyl (C=O) groups is 1. The van der Waals surface area contributed by atoms with Gasteiger partial charge in [0.1, 0.15) is 11.1 Å². The van der Waals surface area contributed by atoms with Gasteiger partial charge in [0.15, 0.2) is 11.0 Å². The highest BCUT2D eigenvalue weighted by atomic mass is 32.2. The van der Waals surface area contributed by atoms with E-state index in [0.29, 0.717) is 15.7 Å². The Bertz CT molecular complexity index is 1120. The summed E-state index contributed by atoms with van der Waals surface area (Å²) in [5.41, 5.74) is 2.86. The molecule has 0 saturated heterocycles. The first-order valence-electron chi connectivity index (χ1n) is 10.5. The second kappa shape index (κ2) is 9.98. The first-order valence-corrected chi connectivity index (χ1v) is 13.2. The second-order valence-electron chi connectivity index (χ2n) is 7.59. The summed E-state index contributed by atoms with van der Waals surface area (Å²) in [5.74, 6) is 0.913. The minimum atomic E-state index is -0.121.